The molecule has 0 saturated carbocycles. The summed E-state index contributed by atoms with van der Waals surface area (Å²) in [5, 5.41) is 9.59. The van der Waals surface area contributed by atoms with E-state index in [4.69, 9.17) is 4.74 Å². The van der Waals surface area contributed by atoms with E-state index in [0.29, 0.717) is 0 Å². The van der Waals surface area contributed by atoms with Crippen LogP contribution < -0.4 is 14.5 Å². The molecule has 2 aromatic carbocycles. The third-order valence-corrected chi connectivity index (χ3v) is 4.04. The molecule has 0 fully saturated rings. The van der Waals surface area contributed by atoms with Gasteiger partial charge in [0.1, 0.15) is 17.6 Å². The van der Waals surface area contributed by atoms with Gasteiger partial charge in [-0.25, -0.2) is 0 Å². The molecule has 1 aliphatic heterocycles. The molecule has 0 bridgehead atoms. The molecule has 1 heterocycles. The van der Waals surface area contributed by atoms with Gasteiger partial charge in [0, 0.05) is 39.3 Å². The minimum absolute atomic E-state index is 0.118. The van der Waals surface area contributed by atoms with Crippen molar-refractivity contribution in [2.24, 2.45) is 0 Å². The number of aromatic hydroxyl groups is 1. The second kappa shape index (κ2) is 5.79. The van der Waals surface area contributed by atoms with Crippen LogP contribution in [0.3, 0.4) is 0 Å². The maximum absolute atomic E-state index is 9.59. The van der Waals surface area contributed by atoms with E-state index in [1.807, 2.05) is 27.2 Å². The number of anilines is 2. The van der Waals surface area contributed by atoms with Gasteiger partial charge in [-0.15, -0.1) is 0 Å². The topological polar surface area (TPSA) is 35.9 Å². The Kier molecular flexibility index (Phi) is 3.84. The molecule has 0 aliphatic carbocycles. The summed E-state index contributed by atoms with van der Waals surface area (Å²) < 4.78 is 6.08. The van der Waals surface area contributed by atoms with E-state index >= 15 is 0 Å². The van der Waals surface area contributed by atoms with E-state index in [1.54, 1.807) is 12.1 Å². The number of ether oxygens (including phenoxy) is 1. The van der Waals surface area contributed by atoms with E-state index in [9.17, 15) is 5.11 Å². The Hall–Kier alpha value is -2.36. The van der Waals surface area contributed by atoms with Crippen LogP contribution in [-0.2, 0) is 6.42 Å². The van der Waals surface area contributed by atoms with Crippen molar-refractivity contribution in [2.45, 2.75) is 12.5 Å². The molecule has 1 atom stereocenters. The molecule has 2 aromatic rings. The quantitative estimate of drug-likeness (QED) is 0.945. The van der Waals surface area contributed by atoms with Gasteiger partial charge in [-0.2, -0.15) is 0 Å². The molecular weight excluding hydrogens is 276 g/mol. The Morgan fingerprint density at radius 1 is 1.18 bits per heavy atom. The number of phenolic OH excluding ortho intramolecular Hbond substituents is 1. The number of hydrogen-bond acceptors (Lipinski definition) is 4. The maximum Gasteiger partial charge on any atom is 0.143 e. The molecule has 1 aliphatic rings. The van der Waals surface area contributed by atoms with E-state index in [2.05, 4.69) is 34.1 Å². The van der Waals surface area contributed by atoms with Crippen LogP contribution in [0.2, 0.25) is 0 Å². The summed E-state index contributed by atoms with van der Waals surface area (Å²) in [5.41, 5.74) is 3.41. The number of benzene rings is 2. The summed E-state index contributed by atoms with van der Waals surface area (Å²) in [7, 11) is 6.12. The zero-order valence-electron chi connectivity index (χ0n) is 13.3. The fraction of sp³-hybridized carbons (Fsp3) is 0.333. The second-order valence-electron chi connectivity index (χ2n) is 6.04. The lowest BCUT2D eigenvalue weighted by molar-refractivity contribution is 0.196. The van der Waals surface area contributed by atoms with Gasteiger partial charge >= 0.3 is 0 Å². The zero-order valence-corrected chi connectivity index (χ0v) is 13.3. The van der Waals surface area contributed by atoms with Crippen molar-refractivity contribution in [3.63, 3.8) is 0 Å². The molecule has 0 spiro atoms. The molecule has 0 radical (unpaired) electrons. The van der Waals surface area contributed by atoms with Gasteiger partial charge in [0.25, 0.3) is 0 Å². The molecule has 4 nitrogen and oxygen atoms in total. The molecule has 0 saturated heterocycles. The summed E-state index contributed by atoms with van der Waals surface area (Å²) >= 11 is 0. The lowest BCUT2D eigenvalue weighted by Gasteiger charge is -2.34. The first-order valence-electron chi connectivity index (χ1n) is 7.50. The number of phenols is 1. The van der Waals surface area contributed by atoms with Crippen LogP contribution in [0.1, 0.15) is 5.56 Å². The minimum atomic E-state index is 0.118. The predicted octanol–water partition coefficient (Wildman–Crippen LogP) is 2.90. The first-order chi connectivity index (χ1) is 10.5. The van der Waals surface area contributed by atoms with Gasteiger partial charge in [-0.05, 0) is 29.8 Å². The van der Waals surface area contributed by atoms with Gasteiger partial charge in [0.05, 0.1) is 12.2 Å². The maximum atomic E-state index is 9.59. The molecule has 116 valence electrons. The second-order valence-corrected chi connectivity index (χ2v) is 6.04. The van der Waals surface area contributed by atoms with Crippen LogP contribution in [0.5, 0.6) is 11.5 Å². The highest BCUT2D eigenvalue weighted by Gasteiger charge is 2.24. The fourth-order valence-corrected chi connectivity index (χ4v) is 2.82. The molecule has 22 heavy (non-hydrogen) atoms. The lowest BCUT2D eigenvalue weighted by atomic mass is 10.1. The average molecular weight is 298 g/mol. The fourth-order valence-electron chi connectivity index (χ4n) is 2.82. The average Bonchev–Trinajstić information content (AvgIpc) is 2.49. The molecule has 1 unspecified atom stereocenters. The van der Waals surface area contributed by atoms with Crippen molar-refractivity contribution in [2.75, 3.05) is 37.5 Å². The van der Waals surface area contributed by atoms with Gasteiger partial charge in [-0.1, -0.05) is 12.1 Å². The minimum Gasteiger partial charge on any atom is -0.508 e. The van der Waals surface area contributed by atoms with Gasteiger partial charge in [-0.3, -0.25) is 0 Å². The van der Waals surface area contributed by atoms with Crippen LogP contribution in [0, 0.1) is 0 Å². The first kappa shape index (κ1) is 14.6. The number of fused-ring (bicyclic) bond motifs is 1. The standard InChI is InChI=1S/C18H22N2O2/c1-19(2)14-6-4-13(5-7-14)10-16-12-20(3)17-11-15(21)8-9-18(17)22-16/h4-9,11,16,21H,10,12H2,1-3H3. The number of likely N-dealkylation sites (N-methyl/N-ethyl adjacent to an activating group) is 1. The summed E-state index contributed by atoms with van der Waals surface area (Å²) in [6.45, 7) is 0.811. The van der Waals surface area contributed by atoms with Crippen molar-refractivity contribution >= 4 is 11.4 Å². The van der Waals surface area contributed by atoms with Crippen molar-refractivity contribution in [3.05, 3.63) is 48.0 Å². The van der Waals surface area contributed by atoms with Crippen molar-refractivity contribution in [1.29, 1.82) is 0 Å². The van der Waals surface area contributed by atoms with E-state index in [-0.39, 0.29) is 11.9 Å². The number of rotatable bonds is 3. The summed E-state index contributed by atoms with van der Waals surface area (Å²) in [5.74, 6) is 1.10. The Labute approximate surface area is 131 Å². The van der Waals surface area contributed by atoms with Crippen LogP contribution in [0.4, 0.5) is 11.4 Å². The van der Waals surface area contributed by atoms with E-state index < -0.39 is 0 Å². The Balaban J connectivity index is 1.73. The van der Waals surface area contributed by atoms with Crippen LogP contribution in [0.25, 0.3) is 0 Å². The highest BCUT2D eigenvalue weighted by atomic mass is 16.5. The summed E-state index contributed by atoms with van der Waals surface area (Å²) in [6.07, 6.45) is 0.991. The summed E-state index contributed by atoms with van der Waals surface area (Å²) in [6, 6.07) is 13.8. The summed E-state index contributed by atoms with van der Waals surface area (Å²) in [4.78, 5) is 4.23. The monoisotopic (exact) mass is 298 g/mol. The van der Waals surface area contributed by atoms with Crippen LogP contribution in [-0.4, -0.2) is 38.9 Å². The number of hydrogen-bond donors (Lipinski definition) is 1. The highest BCUT2D eigenvalue weighted by molar-refractivity contribution is 5.62. The highest BCUT2D eigenvalue weighted by Crippen LogP contribution is 2.35. The SMILES string of the molecule is CN(C)c1ccc(CC2CN(C)c3cc(O)ccc3O2)cc1. The van der Waals surface area contributed by atoms with Crippen molar-refractivity contribution in [1.82, 2.24) is 0 Å². The van der Waals surface area contributed by atoms with E-state index in [0.717, 1.165) is 24.4 Å². The van der Waals surface area contributed by atoms with E-state index in [1.165, 1.54) is 11.3 Å². The molecule has 3 rings (SSSR count). The third kappa shape index (κ3) is 2.96. The largest absolute Gasteiger partial charge is 0.508 e. The zero-order chi connectivity index (χ0) is 15.7. The normalized spacial score (nSPS) is 16.9. The first-order valence-corrected chi connectivity index (χ1v) is 7.50. The molecular formula is C18H22N2O2. The van der Waals surface area contributed by atoms with Crippen LogP contribution in [0.15, 0.2) is 42.5 Å². The Morgan fingerprint density at radius 2 is 1.91 bits per heavy atom. The molecule has 1 N–H and O–H groups in total. The van der Waals surface area contributed by atoms with Gasteiger partial charge in [0.2, 0.25) is 0 Å². The Bertz CT molecular complexity index is 653. The Morgan fingerprint density at radius 3 is 2.59 bits per heavy atom. The third-order valence-electron chi connectivity index (χ3n) is 4.04. The lowest BCUT2D eigenvalue weighted by Crippen LogP contribution is -2.38. The molecule has 0 aromatic heterocycles. The smallest absolute Gasteiger partial charge is 0.143 e. The number of nitrogens with zero attached hydrogens (tertiary/aromatic N) is 2. The van der Waals surface area contributed by atoms with Gasteiger partial charge in [0.15, 0.2) is 0 Å². The van der Waals surface area contributed by atoms with Crippen molar-refractivity contribution < 1.29 is 9.84 Å². The van der Waals surface area contributed by atoms with Gasteiger partial charge < -0.3 is 19.6 Å². The molecule has 0 amide bonds. The molecule has 4 heteroatoms. The van der Waals surface area contributed by atoms with Crippen molar-refractivity contribution in [3.8, 4) is 11.5 Å². The van der Waals surface area contributed by atoms with Crippen LogP contribution >= 0.6 is 0 Å². The predicted molar refractivity (Wildman–Crippen MR) is 90.3 cm³/mol.